The number of likely N-dealkylation sites (tertiary alicyclic amines) is 2. The van der Waals surface area contributed by atoms with Gasteiger partial charge in [-0.05, 0) is 25.7 Å². The number of carbonyl (C=O) groups excluding carboxylic acids is 2. The molecule has 5 nitrogen and oxygen atoms in total. The summed E-state index contributed by atoms with van der Waals surface area (Å²) in [5.74, 6) is 0.227. The molecule has 112 valence electrons. The van der Waals surface area contributed by atoms with Gasteiger partial charge in [0.1, 0.15) is 6.61 Å². The van der Waals surface area contributed by atoms with E-state index in [1.807, 2.05) is 9.80 Å². The van der Waals surface area contributed by atoms with Crippen molar-refractivity contribution < 1.29 is 14.3 Å². The third kappa shape index (κ3) is 1.79. The Kier molecular flexibility index (Phi) is 3.27. The van der Waals surface area contributed by atoms with Crippen molar-refractivity contribution in [2.75, 3.05) is 20.3 Å². The Morgan fingerprint density at radius 2 is 2.00 bits per heavy atom. The van der Waals surface area contributed by atoms with Crippen LogP contribution in [0.4, 0.5) is 0 Å². The molecule has 2 aliphatic heterocycles. The van der Waals surface area contributed by atoms with Crippen LogP contribution in [0.15, 0.2) is 0 Å². The van der Waals surface area contributed by atoms with Gasteiger partial charge in [0.2, 0.25) is 11.8 Å². The Morgan fingerprint density at radius 3 is 2.65 bits per heavy atom. The summed E-state index contributed by atoms with van der Waals surface area (Å²) in [5, 5.41) is 0. The van der Waals surface area contributed by atoms with Gasteiger partial charge >= 0.3 is 0 Å². The van der Waals surface area contributed by atoms with E-state index in [-0.39, 0.29) is 35.9 Å². The number of amides is 2. The fourth-order valence-corrected chi connectivity index (χ4v) is 4.92. The van der Waals surface area contributed by atoms with E-state index in [9.17, 15) is 9.59 Å². The van der Waals surface area contributed by atoms with Crippen LogP contribution in [0.1, 0.15) is 39.5 Å². The number of fused-ring (bicyclic) bond motifs is 1. The number of hydrogen-bond donors (Lipinski definition) is 0. The molecule has 0 spiro atoms. The molecule has 2 bridgehead atoms. The van der Waals surface area contributed by atoms with Crippen molar-refractivity contribution in [3.63, 3.8) is 0 Å². The van der Waals surface area contributed by atoms with Crippen molar-refractivity contribution in [2.45, 2.75) is 57.7 Å². The van der Waals surface area contributed by atoms with E-state index in [1.165, 1.54) is 0 Å². The second-order valence-electron chi connectivity index (χ2n) is 6.73. The van der Waals surface area contributed by atoms with Crippen LogP contribution in [0.3, 0.4) is 0 Å². The summed E-state index contributed by atoms with van der Waals surface area (Å²) in [5.41, 5.74) is 0.0657. The molecule has 3 fully saturated rings. The summed E-state index contributed by atoms with van der Waals surface area (Å²) >= 11 is 0. The van der Waals surface area contributed by atoms with E-state index < -0.39 is 0 Å². The maximum Gasteiger partial charge on any atom is 0.249 e. The van der Waals surface area contributed by atoms with Crippen molar-refractivity contribution in [3.8, 4) is 0 Å². The van der Waals surface area contributed by atoms with Crippen LogP contribution < -0.4 is 0 Å². The molecule has 0 N–H and O–H groups in total. The van der Waals surface area contributed by atoms with Crippen molar-refractivity contribution in [1.29, 1.82) is 0 Å². The first-order valence-electron chi connectivity index (χ1n) is 7.56. The smallest absolute Gasteiger partial charge is 0.249 e. The summed E-state index contributed by atoms with van der Waals surface area (Å²) in [7, 11) is 1.56. The molecule has 2 saturated heterocycles. The molecule has 5 heteroatoms. The third-order valence-corrected chi connectivity index (χ3v) is 5.63. The van der Waals surface area contributed by atoms with Crippen LogP contribution >= 0.6 is 0 Å². The molecular formula is C15H24N2O3. The predicted octanol–water partition coefficient (Wildman–Crippen LogP) is 1.02. The lowest BCUT2D eigenvalue weighted by Gasteiger charge is -2.49. The first-order valence-corrected chi connectivity index (χ1v) is 7.56. The highest BCUT2D eigenvalue weighted by molar-refractivity contribution is 5.80. The summed E-state index contributed by atoms with van der Waals surface area (Å²) < 4.78 is 5.04. The van der Waals surface area contributed by atoms with Crippen LogP contribution in [0.2, 0.25) is 0 Å². The van der Waals surface area contributed by atoms with Crippen molar-refractivity contribution >= 4 is 11.8 Å². The van der Waals surface area contributed by atoms with Gasteiger partial charge in [0.25, 0.3) is 0 Å². The van der Waals surface area contributed by atoms with E-state index in [0.717, 1.165) is 25.7 Å². The number of methoxy groups -OCH3 is 1. The zero-order valence-corrected chi connectivity index (χ0v) is 12.6. The molecule has 0 unspecified atom stereocenters. The molecule has 2 amide bonds. The van der Waals surface area contributed by atoms with E-state index in [1.54, 1.807) is 14.0 Å². The standard InChI is InChI=1S/C15H24N2O3/c1-10(18)16-8-11-7-15(2)12(16)5-4-6-13(15)17(11)14(19)9-20-3/h11-13H,4-9H2,1-3H3/t11-,12+,13-,15+/m0/s1. The zero-order valence-electron chi connectivity index (χ0n) is 12.6. The molecule has 0 aromatic heterocycles. The average Bonchev–Trinajstić information content (AvgIpc) is 2.67. The van der Waals surface area contributed by atoms with Gasteiger partial charge in [-0.1, -0.05) is 6.92 Å². The summed E-state index contributed by atoms with van der Waals surface area (Å²) in [6.45, 7) is 4.76. The maximum atomic E-state index is 12.4. The molecule has 0 radical (unpaired) electrons. The Labute approximate surface area is 120 Å². The molecule has 4 atom stereocenters. The molecule has 1 saturated carbocycles. The van der Waals surface area contributed by atoms with E-state index >= 15 is 0 Å². The van der Waals surface area contributed by atoms with Gasteiger partial charge in [0.15, 0.2) is 0 Å². The minimum Gasteiger partial charge on any atom is -0.375 e. The number of nitrogens with zero attached hydrogens (tertiary/aromatic N) is 2. The van der Waals surface area contributed by atoms with Crippen LogP contribution in [0.25, 0.3) is 0 Å². The van der Waals surface area contributed by atoms with E-state index in [2.05, 4.69) is 6.92 Å². The van der Waals surface area contributed by atoms with Gasteiger partial charge in [0.05, 0.1) is 6.04 Å². The lowest BCUT2D eigenvalue weighted by molar-refractivity contribution is -0.139. The topological polar surface area (TPSA) is 49.9 Å². The lowest BCUT2D eigenvalue weighted by atomic mass is 9.66. The van der Waals surface area contributed by atoms with Crippen molar-refractivity contribution in [2.24, 2.45) is 5.41 Å². The number of piperidine rings is 1. The minimum absolute atomic E-state index is 0.0657. The maximum absolute atomic E-state index is 12.4. The molecule has 20 heavy (non-hydrogen) atoms. The Morgan fingerprint density at radius 1 is 1.30 bits per heavy atom. The third-order valence-electron chi connectivity index (χ3n) is 5.63. The first-order chi connectivity index (χ1) is 9.49. The van der Waals surface area contributed by atoms with Gasteiger partial charge in [-0.25, -0.2) is 0 Å². The number of carbonyl (C=O) groups is 2. The number of ether oxygens (including phenoxy) is 1. The molecule has 3 aliphatic rings. The monoisotopic (exact) mass is 280 g/mol. The van der Waals surface area contributed by atoms with Gasteiger partial charge < -0.3 is 14.5 Å². The van der Waals surface area contributed by atoms with Gasteiger partial charge in [-0.15, -0.1) is 0 Å². The van der Waals surface area contributed by atoms with Gasteiger partial charge in [0, 0.05) is 38.1 Å². The minimum atomic E-state index is 0.0657. The molecular weight excluding hydrogens is 256 g/mol. The Balaban J connectivity index is 1.95. The lowest BCUT2D eigenvalue weighted by Crippen LogP contribution is -2.57. The normalized spacial score (nSPS) is 39.0. The van der Waals surface area contributed by atoms with Crippen LogP contribution in [-0.2, 0) is 14.3 Å². The highest BCUT2D eigenvalue weighted by Crippen LogP contribution is 2.54. The summed E-state index contributed by atoms with van der Waals surface area (Å²) in [4.78, 5) is 28.4. The molecule has 0 aromatic rings. The molecule has 0 aromatic carbocycles. The SMILES string of the molecule is COCC(=O)N1[C@@H]2CN(C(C)=O)[C@@H]3CCC[C@H]1[C@]3(C)C2. The Hall–Kier alpha value is -1.10. The van der Waals surface area contributed by atoms with E-state index in [0.29, 0.717) is 12.6 Å². The fourth-order valence-electron chi connectivity index (χ4n) is 4.92. The molecule has 2 heterocycles. The Bertz CT molecular complexity index is 439. The predicted molar refractivity (Wildman–Crippen MR) is 74.0 cm³/mol. The second kappa shape index (κ2) is 4.72. The number of rotatable bonds is 2. The summed E-state index contributed by atoms with van der Waals surface area (Å²) in [6.07, 6.45) is 4.26. The summed E-state index contributed by atoms with van der Waals surface area (Å²) in [6, 6.07) is 0.750. The van der Waals surface area contributed by atoms with Crippen LogP contribution in [0, 0.1) is 5.41 Å². The molecule has 1 aliphatic carbocycles. The second-order valence-corrected chi connectivity index (χ2v) is 6.73. The number of hydrogen-bond acceptors (Lipinski definition) is 3. The van der Waals surface area contributed by atoms with Gasteiger partial charge in [-0.2, -0.15) is 0 Å². The highest BCUT2D eigenvalue weighted by Gasteiger charge is 2.61. The fraction of sp³-hybridized carbons (Fsp3) is 0.867. The quantitative estimate of drug-likeness (QED) is 0.759. The largest absolute Gasteiger partial charge is 0.375 e. The van der Waals surface area contributed by atoms with E-state index in [4.69, 9.17) is 4.74 Å². The van der Waals surface area contributed by atoms with Gasteiger partial charge in [-0.3, -0.25) is 9.59 Å². The van der Waals surface area contributed by atoms with Crippen molar-refractivity contribution in [1.82, 2.24) is 9.80 Å². The van der Waals surface area contributed by atoms with Crippen LogP contribution in [-0.4, -0.2) is 60.0 Å². The zero-order chi connectivity index (χ0) is 14.5. The van der Waals surface area contributed by atoms with Crippen LogP contribution in [0.5, 0.6) is 0 Å². The first kappa shape index (κ1) is 13.9. The van der Waals surface area contributed by atoms with Crippen molar-refractivity contribution in [3.05, 3.63) is 0 Å². The highest BCUT2D eigenvalue weighted by atomic mass is 16.5. The average molecular weight is 280 g/mol. The molecule has 3 rings (SSSR count).